The minimum atomic E-state index is -0.293. The second-order valence-electron chi connectivity index (χ2n) is 6.22. The fourth-order valence-electron chi connectivity index (χ4n) is 2.94. The zero-order valence-corrected chi connectivity index (χ0v) is 14.6. The van der Waals surface area contributed by atoms with Crippen LogP contribution in [0, 0.1) is 19.8 Å². The third-order valence-corrected chi connectivity index (χ3v) is 4.35. The van der Waals surface area contributed by atoms with Gasteiger partial charge in [-0.25, -0.2) is 0 Å². The maximum Gasteiger partial charge on any atom is 0.309 e. The summed E-state index contributed by atoms with van der Waals surface area (Å²) in [4.78, 5) is 25.2. The largest absolute Gasteiger partial charge is 0.466 e. The number of hydrogen-bond donors (Lipinski definition) is 0. The number of aryl methyl sites for hydroxylation is 2. The standard InChI is InChI=1S/C17H21N3O5/c1-10-8-14(11(2)24-10)16-19-18-15(25-16)9-23-17(22)13-4-6-20(7-5-13)12(3)21/h8,13H,4-7,9H2,1-3H3. The summed E-state index contributed by atoms with van der Waals surface area (Å²) >= 11 is 0. The molecule has 0 unspecified atom stereocenters. The van der Waals surface area contributed by atoms with Crippen molar-refractivity contribution in [3.05, 3.63) is 23.5 Å². The molecule has 1 amide bonds. The number of nitrogens with zero attached hydrogens (tertiary/aromatic N) is 3. The van der Waals surface area contributed by atoms with Crippen molar-refractivity contribution in [1.29, 1.82) is 0 Å². The van der Waals surface area contributed by atoms with Crippen LogP contribution in [0.25, 0.3) is 11.5 Å². The van der Waals surface area contributed by atoms with Gasteiger partial charge < -0.3 is 18.5 Å². The third kappa shape index (κ3) is 3.89. The topological polar surface area (TPSA) is 98.7 Å². The Labute approximate surface area is 145 Å². The van der Waals surface area contributed by atoms with Crippen LogP contribution in [0.1, 0.15) is 37.2 Å². The van der Waals surface area contributed by atoms with E-state index in [9.17, 15) is 9.59 Å². The lowest BCUT2D eigenvalue weighted by atomic mass is 9.97. The van der Waals surface area contributed by atoms with E-state index in [1.807, 2.05) is 19.9 Å². The first kappa shape index (κ1) is 17.2. The Hall–Kier alpha value is -2.64. The van der Waals surface area contributed by atoms with Crippen molar-refractivity contribution in [2.24, 2.45) is 5.92 Å². The van der Waals surface area contributed by atoms with Gasteiger partial charge in [0.2, 0.25) is 5.91 Å². The number of esters is 1. The quantitative estimate of drug-likeness (QED) is 0.782. The van der Waals surface area contributed by atoms with Crippen LogP contribution in [0.15, 0.2) is 14.9 Å². The molecule has 1 saturated heterocycles. The molecule has 134 valence electrons. The average Bonchev–Trinajstić information content (AvgIpc) is 3.18. The summed E-state index contributed by atoms with van der Waals surface area (Å²) < 4.78 is 16.3. The Morgan fingerprint density at radius 2 is 1.96 bits per heavy atom. The third-order valence-electron chi connectivity index (χ3n) is 4.35. The smallest absolute Gasteiger partial charge is 0.309 e. The van der Waals surface area contributed by atoms with Crippen molar-refractivity contribution in [3.63, 3.8) is 0 Å². The van der Waals surface area contributed by atoms with E-state index in [1.165, 1.54) is 6.92 Å². The minimum absolute atomic E-state index is 0.0370. The molecule has 0 radical (unpaired) electrons. The van der Waals surface area contributed by atoms with Crippen molar-refractivity contribution in [2.75, 3.05) is 13.1 Å². The number of amides is 1. The summed E-state index contributed by atoms with van der Waals surface area (Å²) in [5.41, 5.74) is 0.735. The SMILES string of the molecule is CC(=O)N1CCC(C(=O)OCc2nnc(-c3cc(C)oc3C)o2)CC1. The van der Waals surface area contributed by atoms with E-state index in [2.05, 4.69) is 10.2 Å². The Bertz CT molecular complexity index is 771. The highest BCUT2D eigenvalue weighted by molar-refractivity contribution is 5.75. The Balaban J connectivity index is 1.53. The number of ether oxygens (including phenoxy) is 1. The first-order chi connectivity index (χ1) is 11.9. The fraction of sp³-hybridized carbons (Fsp3) is 0.529. The van der Waals surface area contributed by atoms with Gasteiger partial charge in [0.1, 0.15) is 11.5 Å². The number of furan rings is 1. The van der Waals surface area contributed by atoms with Gasteiger partial charge in [-0.2, -0.15) is 0 Å². The molecule has 1 aliphatic heterocycles. The van der Waals surface area contributed by atoms with E-state index < -0.39 is 0 Å². The molecule has 0 bridgehead atoms. The molecule has 25 heavy (non-hydrogen) atoms. The first-order valence-corrected chi connectivity index (χ1v) is 8.26. The molecule has 0 spiro atoms. The molecule has 0 aromatic carbocycles. The summed E-state index contributed by atoms with van der Waals surface area (Å²) in [7, 11) is 0. The molecule has 3 heterocycles. The van der Waals surface area contributed by atoms with Crippen LogP contribution in [0.2, 0.25) is 0 Å². The van der Waals surface area contributed by atoms with Crippen LogP contribution >= 0.6 is 0 Å². The highest BCUT2D eigenvalue weighted by Gasteiger charge is 2.27. The Morgan fingerprint density at radius 3 is 2.56 bits per heavy atom. The molecule has 2 aromatic heterocycles. The number of carbonyl (C=O) groups is 2. The highest BCUT2D eigenvalue weighted by Crippen LogP contribution is 2.25. The number of carbonyl (C=O) groups excluding carboxylic acids is 2. The zero-order chi connectivity index (χ0) is 18.0. The second kappa shape index (κ2) is 7.08. The van der Waals surface area contributed by atoms with Crippen LogP contribution in [0.5, 0.6) is 0 Å². The molecule has 8 heteroatoms. The van der Waals surface area contributed by atoms with Crippen LogP contribution < -0.4 is 0 Å². The summed E-state index contributed by atoms with van der Waals surface area (Å²) in [6.45, 7) is 6.30. The van der Waals surface area contributed by atoms with Crippen molar-refractivity contribution >= 4 is 11.9 Å². The maximum atomic E-state index is 12.2. The van der Waals surface area contributed by atoms with Crippen LogP contribution in [0.3, 0.4) is 0 Å². The van der Waals surface area contributed by atoms with Gasteiger partial charge in [0.25, 0.3) is 11.8 Å². The maximum absolute atomic E-state index is 12.2. The van der Waals surface area contributed by atoms with Crippen LogP contribution in [-0.2, 0) is 20.9 Å². The number of likely N-dealkylation sites (tertiary alicyclic amines) is 1. The van der Waals surface area contributed by atoms with Crippen molar-refractivity contribution < 1.29 is 23.2 Å². The van der Waals surface area contributed by atoms with E-state index in [4.69, 9.17) is 13.6 Å². The minimum Gasteiger partial charge on any atom is -0.466 e. The van der Waals surface area contributed by atoms with Crippen LogP contribution in [-0.4, -0.2) is 40.1 Å². The number of rotatable bonds is 4. The van der Waals surface area contributed by atoms with Gasteiger partial charge in [-0.1, -0.05) is 0 Å². The summed E-state index contributed by atoms with van der Waals surface area (Å²) in [5, 5.41) is 7.88. The summed E-state index contributed by atoms with van der Waals surface area (Å²) in [6.07, 6.45) is 1.22. The first-order valence-electron chi connectivity index (χ1n) is 8.26. The van der Waals surface area contributed by atoms with Crippen molar-refractivity contribution in [1.82, 2.24) is 15.1 Å². The molecule has 8 nitrogen and oxygen atoms in total. The average molecular weight is 347 g/mol. The van der Waals surface area contributed by atoms with E-state index in [1.54, 1.807) is 4.90 Å². The molecule has 1 fully saturated rings. The van der Waals surface area contributed by atoms with Gasteiger partial charge in [0.05, 0.1) is 11.5 Å². The number of piperidine rings is 1. The summed E-state index contributed by atoms with van der Waals surface area (Å²) in [5.74, 6) is 1.58. The van der Waals surface area contributed by atoms with Gasteiger partial charge in [0, 0.05) is 20.0 Å². The van der Waals surface area contributed by atoms with Crippen molar-refractivity contribution in [3.8, 4) is 11.5 Å². The molecular formula is C17H21N3O5. The van der Waals surface area contributed by atoms with Gasteiger partial charge in [-0.15, -0.1) is 10.2 Å². The van der Waals surface area contributed by atoms with E-state index >= 15 is 0 Å². The lowest BCUT2D eigenvalue weighted by molar-refractivity contribution is -0.153. The molecule has 2 aromatic rings. The van der Waals surface area contributed by atoms with Crippen molar-refractivity contribution in [2.45, 2.75) is 40.2 Å². The molecule has 0 saturated carbocycles. The van der Waals surface area contributed by atoms with E-state index in [-0.39, 0.29) is 30.3 Å². The van der Waals surface area contributed by atoms with Gasteiger partial charge in [-0.05, 0) is 32.8 Å². The second-order valence-corrected chi connectivity index (χ2v) is 6.22. The monoisotopic (exact) mass is 347 g/mol. The number of hydrogen-bond acceptors (Lipinski definition) is 7. The Kier molecular flexibility index (Phi) is 4.87. The predicted octanol–water partition coefficient (Wildman–Crippen LogP) is 2.25. The molecule has 3 rings (SSSR count). The lowest BCUT2D eigenvalue weighted by Gasteiger charge is -2.29. The predicted molar refractivity (Wildman–Crippen MR) is 86.2 cm³/mol. The normalized spacial score (nSPS) is 15.4. The molecule has 0 atom stereocenters. The molecule has 1 aliphatic rings. The fourth-order valence-corrected chi connectivity index (χ4v) is 2.94. The zero-order valence-electron chi connectivity index (χ0n) is 14.6. The molecular weight excluding hydrogens is 326 g/mol. The van der Waals surface area contributed by atoms with E-state index in [0.29, 0.717) is 37.6 Å². The number of aromatic nitrogens is 2. The van der Waals surface area contributed by atoms with Gasteiger partial charge in [0.15, 0.2) is 6.61 Å². The molecule has 0 aliphatic carbocycles. The molecule has 0 N–H and O–H groups in total. The highest BCUT2D eigenvalue weighted by atomic mass is 16.5. The van der Waals surface area contributed by atoms with Gasteiger partial charge in [-0.3, -0.25) is 9.59 Å². The van der Waals surface area contributed by atoms with Gasteiger partial charge >= 0.3 is 5.97 Å². The van der Waals surface area contributed by atoms with Crippen LogP contribution in [0.4, 0.5) is 0 Å². The lowest BCUT2D eigenvalue weighted by Crippen LogP contribution is -2.39. The van der Waals surface area contributed by atoms with E-state index in [0.717, 1.165) is 11.3 Å². The summed E-state index contributed by atoms with van der Waals surface area (Å²) in [6, 6.07) is 1.82. The Morgan fingerprint density at radius 1 is 1.24 bits per heavy atom.